The first kappa shape index (κ1) is 16.6. The first-order chi connectivity index (χ1) is 9.99. The highest BCUT2D eigenvalue weighted by molar-refractivity contribution is 7.89. The van der Waals surface area contributed by atoms with Crippen molar-refractivity contribution in [2.75, 3.05) is 0 Å². The van der Waals surface area contributed by atoms with Crippen LogP contribution < -0.4 is 10.5 Å². The molecule has 2 aromatic rings. The van der Waals surface area contributed by atoms with E-state index in [0.29, 0.717) is 9.77 Å². The van der Waals surface area contributed by atoms with Gasteiger partial charge in [-0.3, -0.25) is 0 Å². The summed E-state index contributed by atoms with van der Waals surface area (Å²) in [6.45, 7) is 4.10. The van der Waals surface area contributed by atoms with E-state index in [9.17, 15) is 8.42 Å². The first-order valence-electron chi connectivity index (χ1n) is 6.82. The zero-order valence-corrected chi connectivity index (χ0v) is 14.6. The van der Waals surface area contributed by atoms with E-state index in [4.69, 9.17) is 5.73 Å². The van der Waals surface area contributed by atoms with Crippen LogP contribution in [0.15, 0.2) is 27.8 Å². The summed E-state index contributed by atoms with van der Waals surface area (Å²) < 4.78 is 28.3. The van der Waals surface area contributed by atoms with E-state index in [1.54, 1.807) is 11.3 Å². The normalized spacial score (nSPS) is 13.5. The molecule has 0 bridgehead atoms. The minimum Gasteiger partial charge on any atom is -0.326 e. The average Bonchev–Trinajstić information content (AvgIpc) is 3.06. The summed E-state index contributed by atoms with van der Waals surface area (Å²) >= 11 is 2.97. The lowest BCUT2D eigenvalue weighted by atomic mass is 10.1. The maximum atomic E-state index is 12.7. The van der Waals surface area contributed by atoms with Gasteiger partial charge in [-0.1, -0.05) is 19.4 Å². The standard InChI is InChI=1S/C14H20N2O2S3/c1-3-5-11(12-6-4-7-19-12)16-21(17,18)14-10(2)9-20-13(14)8-15/h4,6-7,9,11,16H,3,5,8,15H2,1-2H3. The van der Waals surface area contributed by atoms with Crippen LogP contribution in [0.25, 0.3) is 0 Å². The maximum absolute atomic E-state index is 12.7. The topological polar surface area (TPSA) is 72.2 Å². The number of nitrogens with two attached hydrogens (primary N) is 1. The first-order valence-corrected chi connectivity index (χ1v) is 10.1. The number of hydrogen-bond acceptors (Lipinski definition) is 5. The fourth-order valence-electron chi connectivity index (χ4n) is 2.27. The van der Waals surface area contributed by atoms with Crippen LogP contribution >= 0.6 is 22.7 Å². The quantitative estimate of drug-likeness (QED) is 0.808. The predicted octanol–water partition coefficient (Wildman–Crippen LogP) is 3.40. The predicted molar refractivity (Wildman–Crippen MR) is 89.2 cm³/mol. The van der Waals surface area contributed by atoms with Gasteiger partial charge in [-0.2, -0.15) is 0 Å². The van der Waals surface area contributed by atoms with Crippen molar-refractivity contribution in [3.8, 4) is 0 Å². The Hall–Kier alpha value is -0.730. The zero-order chi connectivity index (χ0) is 15.5. The Bertz CT molecular complexity index is 675. The molecule has 3 N–H and O–H groups in total. The van der Waals surface area contributed by atoms with Crippen molar-refractivity contribution in [1.82, 2.24) is 4.72 Å². The largest absolute Gasteiger partial charge is 0.326 e. The molecule has 0 aliphatic heterocycles. The molecule has 2 aromatic heterocycles. The lowest BCUT2D eigenvalue weighted by Gasteiger charge is -2.17. The second kappa shape index (κ2) is 7.02. The number of rotatable bonds is 7. The molecule has 0 spiro atoms. The smallest absolute Gasteiger partial charge is 0.242 e. The molecule has 0 radical (unpaired) electrons. The van der Waals surface area contributed by atoms with Gasteiger partial charge in [-0.15, -0.1) is 22.7 Å². The van der Waals surface area contributed by atoms with Gasteiger partial charge in [0.25, 0.3) is 0 Å². The van der Waals surface area contributed by atoms with E-state index in [1.807, 2.05) is 29.8 Å². The number of sulfonamides is 1. The summed E-state index contributed by atoms with van der Waals surface area (Å²) in [6, 6.07) is 3.74. The molecular weight excluding hydrogens is 324 g/mol. The van der Waals surface area contributed by atoms with Crippen LogP contribution in [0.4, 0.5) is 0 Å². The summed E-state index contributed by atoms with van der Waals surface area (Å²) in [6.07, 6.45) is 1.69. The van der Waals surface area contributed by atoms with Crippen LogP contribution in [-0.4, -0.2) is 8.42 Å². The van der Waals surface area contributed by atoms with Gasteiger partial charge in [-0.05, 0) is 35.7 Å². The molecule has 4 nitrogen and oxygen atoms in total. The Labute approximate surface area is 134 Å². The van der Waals surface area contributed by atoms with E-state index in [-0.39, 0.29) is 12.6 Å². The minimum atomic E-state index is -3.55. The molecule has 0 aliphatic carbocycles. The van der Waals surface area contributed by atoms with Gasteiger partial charge in [-0.25, -0.2) is 13.1 Å². The van der Waals surface area contributed by atoms with E-state index < -0.39 is 10.0 Å². The summed E-state index contributed by atoms with van der Waals surface area (Å²) in [5.41, 5.74) is 6.42. The Balaban J connectivity index is 2.33. The lowest BCUT2D eigenvalue weighted by Crippen LogP contribution is -2.29. The van der Waals surface area contributed by atoms with E-state index in [0.717, 1.165) is 23.3 Å². The third-order valence-corrected chi connectivity index (χ3v) is 7.15. The van der Waals surface area contributed by atoms with Crippen LogP contribution in [0.3, 0.4) is 0 Å². The van der Waals surface area contributed by atoms with Gasteiger partial charge in [0.05, 0.1) is 6.04 Å². The van der Waals surface area contributed by atoms with E-state index in [2.05, 4.69) is 11.6 Å². The zero-order valence-electron chi connectivity index (χ0n) is 12.1. The van der Waals surface area contributed by atoms with Crippen molar-refractivity contribution in [2.45, 2.75) is 44.2 Å². The van der Waals surface area contributed by atoms with Crippen molar-refractivity contribution in [3.63, 3.8) is 0 Å². The molecule has 1 unspecified atom stereocenters. The molecule has 21 heavy (non-hydrogen) atoms. The molecule has 0 saturated carbocycles. The van der Waals surface area contributed by atoms with Crippen LogP contribution in [0, 0.1) is 6.92 Å². The van der Waals surface area contributed by atoms with Gasteiger partial charge < -0.3 is 5.73 Å². The second-order valence-corrected chi connectivity index (χ2v) is 8.45. The monoisotopic (exact) mass is 344 g/mol. The molecule has 7 heteroatoms. The molecule has 0 aromatic carbocycles. The molecule has 2 rings (SSSR count). The minimum absolute atomic E-state index is 0.176. The lowest BCUT2D eigenvalue weighted by molar-refractivity contribution is 0.539. The average molecular weight is 345 g/mol. The molecule has 0 fully saturated rings. The molecular formula is C14H20N2O2S3. The highest BCUT2D eigenvalue weighted by atomic mass is 32.2. The number of aryl methyl sites for hydroxylation is 1. The highest BCUT2D eigenvalue weighted by Crippen LogP contribution is 2.30. The summed E-state index contributed by atoms with van der Waals surface area (Å²) in [7, 11) is -3.55. The third-order valence-electron chi connectivity index (χ3n) is 3.20. The Kier molecular flexibility index (Phi) is 5.56. The number of nitrogens with one attached hydrogen (secondary N) is 1. The number of thiophene rings is 2. The van der Waals surface area contributed by atoms with Gasteiger partial charge in [0.15, 0.2) is 0 Å². The van der Waals surface area contributed by atoms with Gasteiger partial charge >= 0.3 is 0 Å². The molecule has 116 valence electrons. The van der Waals surface area contributed by atoms with E-state index >= 15 is 0 Å². The maximum Gasteiger partial charge on any atom is 0.242 e. The fourth-order valence-corrected chi connectivity index (χ4v) is 6.11. The SMILES string of the molecule is CCCC(NS(=O)(=O)c1c(C)csc1CN)c1cccs1. The highest BCUT2D eigenvalue weighted by Gasteiger charge is 2.26. The summed E-state index contributed by atoms with van der Waals surface area (Å²) in [4.78, 5) is 2.11. The number of hydrogen-bond donors (Lipinski definition) is 2. The van der Waals surface area contributed by atoms with E-state index in [1.165, 1.54) is 11.3 Å². The van der Waals surface area contributed by atoms with Crippen molar-refractivity contribution < 1.29 is 8.42 Å². The van der Waals surface area contributed by atoms with Crippen LogP contribution in [0.1, 0.15) is 41.1 Å². The van der Waals surface area contributed by atoms with Gasteiger partial charge in [0.1, 0.15) is 4.90 Å². The Morgan fingerprint density at radius 1 is 1.38 bits per heavy atom. The second-order valence-electron chi connectivity index (χ2n) is 4.85. The van der Waals surface area contributed by atoms with Crippen molar-refractivity contribution in [1.29, 1.82) is 0 Å². The van der Waals surface area contributed by atoms with Gasteiger partial charge in [0, 0.05) is 16.3 Å². The molecule has 0 saturated heterocycles. The molecule has 0 amide bonds. The Morgan fingerprint density at radius 3 is 2.71 bits per heavy atom. The third kappa shape index (κ3) is 3.73. The van der Waals surface area contributed by atoms with Gasteiger partial charge in [0.2, 0.25) is 10.0 Å². The fraction of sp³-hybridized carbons (Fsp3) is 0.429. The molecule has 0 aliphatic rings. The van der Waals surface area contributed by atoms with Crippen molar-refractivity contribution >= 4 is 32.7 Å². The summed E-state index contributed by atoms with van der Waals surface area (Å²) in [5, 5.41) is 3.81. The molecule has 1 atom stereocenters. The van der Waals surface area contributed by atoms with Crippen LogP contribution in [-0.2, 0) is 16.6 Å². The Morgan fingerprint density at radius 2 is 2.14 bits per heavy atom. The van der Waals surface area contributed by atoms with Crippen LogP contribution in [0.5, 0.6) is 0 Å². The molecule has 2 heterocycles. The van der Waals surface area contributed by atoms with Crippen molar-refractivity contribution in [2.24, 2.45) is 5.73 Å². The summed E-state index contributed by atoms with van der Waals surface area (Å²) in [5.74, 6) is 0. The van der Waals surface area contributed by atoms with Crippen molar-refractivity contribution in [3.05, 3.63) is 38.2 Å². The van der Waals surface area contributed by atoms with Crippen LogP contribution in [0.2, 0.25) is 0 Å².